The van der Waals surface area contributed by atoms with Gasteiger partial charge in [-0.15, -0.1) is 0 Å². The minimum absolute atomic E-state index is 0.147. The molecule has 1 aliphatic carbocycles. The maximum Gasteiger partial charge on any atom is 0.133 e. The highest BCUT2D eigenvalue weighted by molar-refractivity contribution is 6.15. The van der Waals surface area contributed by atoms with Gasteiger partial charge in [-0.1, -0.05) is 146 Å². The summed E-state index contributed by atoms with van der Waals surface area (Å²) >= 11 is 0. The summed E-state index contributed by atoms with van der Waals surface area (Å²) in [6.07, 6.45) is 6.76. The van der Waals surface area contributed by atoms with Crippen molar-refractivity contribution in [2.75, 3.05) is 5.32 Å². The first-order valence-electron chi connectivity index (χ1n) is 20.2. The van der Waals surface area contributed by atoms with Crippen LogP contribution < -0.4 is 5.32 Å². The molecule has 8 aromatic carbocycles. The van der Waals surface area contributed by atoms with E-state index in [0.717, 1.165) is 41.2 Å². The van der Waals surface area contributed by atoms with Crippen LogP contribution in [0, 0.1) is 0 Å². The lowest BCUT2D eigenvalue weighted by atomic mass is 9.92. The lowest BCUT2D eigenvalue weighted by Crippen LogP contribution is -2.22. The smallest absolute Gasteiger partial charge is 0.133 e. The highest BCUT2D eigenvalue weighted by Gasteiger charge is 2.26. The number of nitrogens with one attached hydrogen (secondary N) is 1. The van der Waals surface area contributed by atoms with Gasteiger partial charge in [-0.2, -0.15) is 0 Å². The molecular weight excluding hydrogens is 705 g/mol. The Hall–Kier alpha value is -7.43. The Morgan fingerprint density at radius 3 is 2.12 bits per heavy atom. The van der Waals surface area contributed by atoms with E-state index in [9.17, 15) is 0 Å². The molecule has 4 heteroatoms. The Bertz CT molecular complexity index is 3290. The van der Waals surface area contributed by atoms with E-state index < -0.39 is 0 Å². The second kappa shape index (κ2) is 13.1. The first-order valence-corrected chi connectivity index (χ1v) is 20.2. The normalized spacial score (nSPS) is 14.8. The Morgan fingerprint density at radius 2 is 1.26 bits per heavy atom. The maximum absolute atomic E-state index is 5.36. The lowest BCUT2D eigenvalue weighted by molar-refractivity contribution is 0.865. The van der Waals surface area contributed by atoms with Gasteiger partial charge in [0, 0.05) is 55.3 Å². The monoisotopic (exact) mass is 742 g/mol. The third kappa shape index (κ3) is 5.05. The number of aromatic nitrogens is 2. The van der Waals surface area contributed by atoms with Crippen LogP contribution in [0.15, 0.2) is 193 Å². The summed E-state index contributed by atoms with van der Waals surface area (Å²) < 4.78 is 4.89. The fraction of sp³-hybridized carbons (Fsp3) is 0.0556. The quantitative estimate of drug-likeness (QED) is 0.187. The number of allylic oxidation sites excluding steroid dienone is 1. The standard InChI is InChI=1S/C54H38N4/c1-3-15-37(16-4-1)54-55-52(45-32-28-35-14-7-8-19-42(35)53(45)56-54)36-26-30-40(31-27-36)57-47-23-11-9-20-43(47)46-34-38(29-33-49(46)57)41-22-13-25-50-51(41)44-21-10-12-24-48(44)58(50)39-17-5-2-6-18-39/h1-11,13-23,25-34,52H,12,24H2,(H,55,56). The zero-order chi connectivity index (χ0) is 38.2. The molecule has 1 aliphatic heterocycles. The third-order valence-corrected chi connectivity index (χ3v) is 12.2. The molecule has 2 aliphatic rings. The average molecular weight is 743 g/mol. The zero-order valence-corrected chi connectivity index (χ0v) is 31.8. The number of fused-ring (bicyclic) bond motifs is 9. The minimum atomic E-state index is -0.147. The summed E-state index contributed by atoms with van der Waals surface area (Å²) in [5, 5.41) is 9.95. The number of benzene rings is 8. The van der Waals surface area contributed by atoms with Crippen LogP contribution in [0.25, 0.3) is 72.1 Å². The molecule has 10 aromatic rings. The Morgan fingerprint density at radius 1 is 0.534 bits per heavy atom. The number of amidine groups is 1. The van der Waals surface area contributed by atoms with E-state index in [4.69, 9.17) is 4.99 Å². The molecule has 4 nitrogen and oxygen atoms in total. The van der Waals surface area contributed by atoms with Gasteiger partial charge in [0.25, 0.3) is 0 Å². The van der Waals surface area contributed by atoms with E-state index >= 15 is 0 Å². The number of aliphatic imine (C=N–C) groups is 1. The van der Waals surface area contributed by atoms with Gasteiger partial charge < -0.3 is 14.5 Å². The molecule has 1 atom stereocenters. The molecule has 12 rings (SSSR count). The maximum atomic E-state index is 5.36. The van der Waals surface area contributed by atoms with E-state index in [0.29, 0.717) is 0 Å². The molecule has 274 valence electrons. The Balaban J connectivity index is 0.986. The predicted octanol–water partition coefficient (Wildman–Crippen LogP) is 13.5. The molecule has 0 saturated heterocycles. The van der Waals surface area contributed by atoms with E-state index in [1.54, 1.807) is 0 Å². The number of nitrogens with zero attached hydrogens (tertiary/aromatic N) is 3. The number of rotatable bonds is 5. The van der Waals surface area contributed by atoms with Gasteiger partial charge in [0.05, 0.1) is 22.2 Å². The van der Waals surface area contributed by atoms with Crippen molar-refractivity contribution in [2.45, 2.75) is 18.9 Å². The molecule has 0 radical (unpaired) electrons. The summed E-state index contributed by atoms with van der Waals surface area (Å²) in [5.41, 5.74) is 15.8. The SMILES string of the molecule is C1=Cc2c(n(-c3ccccc3)c3cccc(-c4ccc5c(c4)c4ccccc4n5-c4ccc(C5N=C(c6ccccc6)Nc6c5ccc5ccccc65)cc4)c23)CC1. The average Bonchev–Trinajstić information content (AvgIpc) is 3.82. The lowest BCUT2D eigenvalue weighted by Gasteiger charge is -2.27. The molecule has 0 spiro atoms. The fourth-order valence-electron chi connectivity index (χ4n) is 9.61. The first kappa shape index (κ1) is 32.8. The number of para-hydroxylation sites is 2. The summed E-state index contributed by atoms with van der Waals surface area (Å²) in [4.78, 5) is 5.36. The van der Waals surface area contributed by atoms with Crippen molar-refractivity contribution in [3.8, 4) is 22.5 Å². The van der Waals surface area contributed by atoms with Crippen LogP contribution in [0.4, 0.5) is 5.69 Å². The summed E-state index contributed by atoms with van der Waals surface area (Å²) in [7, 11) is 0. The van der Waals surface area contributed by atoms with Crippen molar-refractivity contribution in [1.82, 2.24) is 9.13 Å². The van der Waals surface area contributed by atoms with E-state index in [2.05, 4.69) is 209 Å². The summed E-state index contributed by atoms with van der Waals surface area (Å²) in [6.45, 7) is 0. The van der Waals surface area contributed by atoms with Crippen LogP contribution in [-0.4, -0.2) is 15.0 Å². The number of hydrogen-bond acceptors (Lipinski definition) is 2. The van der Waals surface area contributed by atoms with E-state index in [-0.39, 0.29) is 6.04 Å². The van der Waals surface area contributed by atoms with Crippen LogP contribution in [-0.2, 0) is 6.42 Å². The first-order chi connectivity index (χ1) is 28.8. The zero-order valence-electron chi connectivity index (χ0n) is 31.8. The highest BCUT2D eigenvalue weighted by Crippen LogP contribution is 2.43. The molecule has 0 saturated carbocycles. The van der Waals surface area contributed by atoms with Crippen molar-refractivity contribution in [1.29, 1.82) is 0 Å². The number of anilines is 1. The van der Waals surface area contributed by atoms with Crippen LogP contribution in [0.1, 0.15) is 40.4 Å². The van der Waals surface area contributed by atoms with Gasteiger partial charge in [-0.05, 0) is 83.4 Å². The van der Waals surface area contributed by atoms with Crippen LogP contribution >= 0.6 is 0 Å². The molecular formula is C54H38N4. The molecule has 1 N–H and O–H groups in total. The second-order valence-corrected chi connectivity index (χ2v) is 15.5. The molecule has 0 fully saturated rings. The Labute approximate surface area is 336 Å². The Kier molecular flexibility index (Phi) is 7.39. The molecule has 3 heterocycles. The van der Waals surface area contributed by atoms with Gasteiger partial charge in [-0.25, -0.2) is 0 Å². The molecule has 0 amide bonds. The van der Waals surface area contributed by atoms with Crippen LogP contribution in [0.5, 0.6) is 0 Å². The molecule has 58 heavy (non-hydrogen) atoms. The topological polar surface area (TPSA) is 34.2 Å². The highest BCUT2D eigenvalue weighted by atomic mass is 15.1. The van der Waals surface area contributed by atoms with Crippen LogP contribution in [0.2, 0.25) is 0 Å². The van der Waals surface area contributed by atoms with Gasteiger partial charge >= 0.3 is 0 Å². The molecule has 0 bridgehead atoms. The van der Waals surface area contributed by atoms with Crippen molar-refractivity contribution in [3.05, 3.63) is 216 Å². The summed E-state index contributed by atoms with van der Waals surface area (Å²) in [5.74, 6) is 0.889. The third-order valence-electron chi connectivity index (χ3n) is 12.2. The van der Waals surface area contributed by atoms with Crippen LogP contribution in [0.3, 0.4) is 0 Å². The van der Waals surface area contributed by atoms with Gasteiger partial charge in [0.2, 0.25) is 0 Å². The van der Waals surface area contributed by atoms with Gasteiger partial charge in [-0.3, -0.25) is 4.99 Å². The largest absolute Gasteiger partial charge is 0.339 e. The minimum Gasteiger partial charge on any atom is -0.339 e. The summed E-state index contributed by atoms with van der Waals surface area (Å²) in [6, 6.07) is 65.9. The number of hydrogen-bond donors (Lipinski definition) is 1. The van der Waals surface area contributed by atoms with Gasteiger partial charge in [0.15, 0.2) is 0 Å². The fourth-order valence-corrected chi connectivity index (χ4v) is 9.61. The van der Waals surface area contributed by atoms with Crippen molar-refractivity contribution in [2.24, 2.45) is 4.99 Å². The van der Waals surface area contributed by atoms with Gasteiger partial charge in [0.1, 0.15) is 11.9 Å². The van der Waals surface area contributed by atoms with Crippen molar-refractivity contribution < 1.29 is 0 Å². The van der Waals surface area contributed by atoms with Crippen molar-refractivity contribution in [3.63, 3.8) is 0 Å². The molecule has 2 aromatic heterocycles. The van der Waals surface area contributed by atoms with E-state index in [1.807, 2.05) is 0 Å². The van der Waals surface area contributed by atoms with Crippen molar-refractivity contribution >= 4 is 61.1 Å². The second-order valence-electron chi connectivity index (χ2n) is 15.5. The van der Waals surface area contributed by atoms with E-state index in [1.165, 1.54) is 77.1 Å². The molecule has 1 unspecified atom stereocenters. The predicted molar refractivity (Wildman–Crippen MR) is 243 cm³/mol.